The molecule has 0 spiro atoms. The van der Waals surface area contributed by atoms with Crippen LogP contribution in [0.3, 0.4) is 0 Å². The second kappa shape index (κ2) is 7.66. The molecule has 1 aliphatic rings. The topological polar surface area (TPSA) is 75.4 Å². The minimum absolute atomic E-state index is 0.0890. The SMILES string of the molecule is CCN(Cc1cc(F)ccc1-c1cn(CC(=O)O)c2cccnc12)C(=O)C1CC1. The first-order valence-electron chi connectivity index (χ1n) is 9.71. The molecule has 7 heteroatoms. The Morgan fingerprint density at radius 3 is 2.76 bits per heavy atom. The smallest absolute Gasteiger partial charge is 0.323 e. The molecule has 1 aromatic carbocycles. The molecular formula is C22H22FN3O3. The molecule has 4 rings (SSSR count). The zero-order valence-electron chi connectivity index (χ0n) is 16.1. The van der Waals surface area contributed by atoms with Crippen LogP contribution in [0.2, 0.25) is 0 Å². The number of carboxylic acid groups (broad SMARTS) is 1. The Hall–Kier alpha value is -3.22. The molecule has 0 aliphatic heterocycles. The molecule has 1 saturated carbocycles. The van der Waals surface area contributed by atoms with Gasteiger partial charge in [-0.15, -0.1) is 0 Å². The van der Waals surface area contributed by atoms with E-state index in [0.29, 0.717) is 29.7 Å². The molecule has 150 valence electrons. The van der Waals surface area contributed by atoms with Gasteiger partial charge in [0.25, 0.3) is 0 Å². The second-order valence-corrected chi connectivity index (χ2v) is 7.36. The summed E-state index contributed by atoms with van der Waals surface area (Å²) in [6, 6.07) is 8.06. The van der Waals surface area contributed by atoms with E-state index in [0.717, 1.165) is 24.0 Å². The van der Waals surface area contributed by atoms with Gasteiger partial charge in [0, 0.05) is 37.0 Å². The fraction of sp³-hybridized carbons (Fsp3) is 0.318. The van der Waals surface area contributed by atoms with Gasteiger partial charge in [-0.3, -0.25) is 14.6 Å². The fourth-order valence-electron chi connectivity index (χ4n) is 3.69. The van der Waals surface area contributed by atoms with Crippen molar-refractivity contribution in [2.75, 3.05) is 6.54 Å². The number of carboxylic acids is 1. The molecule has 1 fully saturated rings. The third-order valence-electron chi connectivity index (χ3n) is 5.28. The van der Waals surface area contributed by atoms with Crippen LogP contribution >= 0.6 is 0 Å². The number of carbonyl (C=O) groups is 2. The Morgan fingerprint density at radius 1 is 1.28 bits per heavy atom. The average molecular weight is 395 g/mol. The number of hydrogen-bond acceptors (Lipinski definition) is 3. The number of halogens is 1. The van der Waals surface area contributed by atoms with Crippen molar-refractivity contribution in [3.05, 3.63) is 54.1 Å². The van der Waals surface area contributed by atoms with E-state index in [-0.39, 0.29) is 24.2 Å². The van der Waals surface area contributed by atoms with Crippen LogP contribution in [0.4, 0.5) is 4.39 Å². The van der Waals surface area contributed by atoms with Crippen molar-refractivity contribution < 1.29 is 19.1 Å². The normalized spacial score (nSPS) is 13.6. The van der Waals surface area contributed by atoms with Crippen LogP contribution < -0.4 is 0 Å². The molecule has 0 saturated heterocycles. The predicted octanol–water partition coefficient (Wildman–Crippen LogP) is 3.69. The molecule has 0 radical (unpaired) electrons. The van der Waals surface area contributed by atoms with Crippen molar-refractivity contribution in [2.24, 2.45) is 5.92 Å². The molecule has 3 aromatic rings. The third-order valence-corrected chi connectivity index (χ3v) is 5.28. The molecule has 0 unspecified atom stereocenters. The lowest BCUT2D eigenvalue weighted by Crippen LogP contribution is -2.31. The van der Waals surface area contributed by atoms with Gasteiger partial charge in [-0.2, -0.15) is 0 Å². The Balaban J connectivity index is 1.79. The summed E-state index contributed by atoms with van der Waals surface area (Å²) in [5.41, 5.74) is 3.51. The summed E-state index contributed by atoms with van der Waals surface area (Å²) in [5, 5.41) is 9.23. The Bertz CT molecular complexity index is 1090. The molecule has 2 heterocycles. The molecule has 0 bridgehead atoms. The monoisotopic (exact) mass is 395 g/mol. The van der Waals surface area contributed by atoms with Crippen LogP contribution in [-0.2, 0) is 22.7 Å². The number of carbonyl (C=O) groups excluding carboxylic acids is 1. The van der Waals surface area contributed by atoms with Gasteiger partial charge < -0.3 is 14.6 Å². The minimum Gasteiger partial charge on any atom is -0.480 e. The molecule has 6 nitrogen and oxygen atoms in total. The molecule has 29 heavy (non-hydrogen) atoms. The van der Waals surface area contributed by atoms with E-state index < -0.39 is 5.97 Å². The van der Waals surface area contributed by atoms with E-state index in [9.17, 15) is 19.1 Å². The number of fused-ring (bicyclic) bond motifs is 1. The van der Waals surface area contributed by atoms with E-state index in [2.05, 4.69) is 4.98 Å². The highest BCUT2D eigenvalue weighted by Crippen LogP contribution is 2.35. The van der Waals surface area contributed by atoms with Crippen LogP contribution in [-0.4, -0.2) is 38.0 Å². The number of nitrogens with zero attached hydrogens (tertiary/aromatic N) is 3. The van der Waals surface area contributed by atoms with Crippen LogP contribution in [0.15, 0.2) is 42.7 Å². The predicted molar refractivity (Wildman–Crippen MR) is 107 cm³/mol. The highest BCUT2D eigenvalue weighted by molar-refractivity contribution is 5.94. The van der Waals surface area contributed by atoms with Gasteiger partial charge in [0.05, 0.1) is 11.0 Å². The van der Waals surface area contributed by atoms with Crippen molar-refractivity contribution in [3.63, 3.8) is 0 Å². The number of hydrogen-bond donors (Lipinski definition) is 1. The quantitative estimate of drug-likeness (QED) is 0.662. The van der Waals surface area contributed by atoms with Gasteiger partial charge in [-0.1, -0.05) is 6.07 Å². The van der Waals surface area contributed by atoms with Crippen molar-refractivity contribution >= 4 is 22.9 Å². The number of benzene rings is 1. The van der Waals surface area contributed by atoms with Gasteiger partial charge in [0.1, 0.15) is 12.4 Å². The second-order valence-electron chi connectivity index (χ2n) is 7.36. The molecule has 1 aliphatic carbocycles. The van der Waals surface area contributed by atoms with Crippen LogP contribution in [0.1, 0.15) is 25.3 Å². The fourth-order valence-corrected chi connectivity index (χ4v) is 3.69. The van der Waals surface area contributed by atoms with Crippen LogP contribution in [0.5, 0.6) is 0 Å². The molecular weight excluding hydrogens is 373 g/mol. The summed E-state index contributed by atoms with van der Waals surface area (Å²) < 4.78 is 15.7. The highest BCUT2D eigenvalue weighted by Gasteiger charge is 2.33. The maximum Gasteiger partial charge on any atom is 0.323 e. The van der Waals surface area contributed by atoms with Crippen LogP contribution in [0.25, 0.3) is 22.2 Å². The molecule has 2 aromatic heterocycles. The van der Waals surface area contributed by atoms with E-state index in [1.54, 1.807) is 34.0 Å². The first-order chi connectivity index (χ1) is 14.0. The Morgan fingerprint density at radius 2 is 2.07 bits per heavy atom. The number of rotatable bonds is 7. The van der Waals surface area contributed by atoms with Gasteiger partial charge in [-0.05, 0) is 55.2 Å². The zero-order chi connectivity index (χ0) is 20.5. The standard InChI is InChI=1S/C22H22FN3O3/c1-2-25(22(29)14-5-6-14)11-15-10-16(23)7-8-17(15)18-12-26(13-20(27)28)19-4-3-9-24-21(18)19/h3-4,7-10,12,14H,2,5-6,11,13H2,1H3,(H,27,28). The maximum absolute atomic E-state index is 14.1. The van der Waals surface area contributed by atoms with Crippen molar-refractivity contribution in [3.8, 4) is 11.1 Å². The lowest BCUT2D eigenvalue weighted by Gasteiger charge is -2.22. The summed E-state index contributed by atoms with van der Waals surface area (Å²) in [6.07, 6.45) is 5.21. The molecule has 0 atom stereocenters. The third kappa shape index (κ3) is 3.85. The van der Waals surface area contributed by atoms with Gasteiger partial charge in [-0.25, -0.2) is 4.39 Å². The number of pyridine rings is 1. The average Bonchev–Trinajstić information content (AvgIpc) is 3.49. The van der Waals surface area contributed by atoms with Crippen LogP contribution in [0, 0.1) is 11.7 Å². The summed E-state index contributed by atoms with van der Waals surface area (Å²) >= 11 is 0. The number of amides is 1. The summed E-state index contributed by atoms with van der Waals surface area (Å²) in [7, 11) is 0. The van der Waals surface area contributed by atoms with Gasteiger partial charge in [0.15, 0.2) is 0 Å². The Labute approximate surface area is 167 Å². The van der Waals surface area contributed by atoms with E-state index in [4.69, 9.17) is 0 Å². The summed E-state index contributed by atoms with van der Waals surface area (Å²) in [5.74, 6) is -1.13. The van der Waals surface area contributed by atoms with Gasteiger partial charge >= 0.3 is 5.97 Å². The lowest BCUT2D eigenvalue weighted by atomic mass is 10.00. The van der Waals surface area contributed by atoms with E-state index >= 15 is 0 Å². The van der Waals surface area contributed by atoms with Gasteiger partial charge in [0.2, 0.25) is 5.91 Å². The zero-order valence-corrected chi connectivity index (χ0v) is 16.1. The number of aromatic nitrogens is 2. The van der Waals surface area contributed by atoms with E-state index in [1.807, 2.05) is 13.0 Å². The summed E-state index contributed by atoms with van der Waals surface area (Å²) in [6.45, 7) is 2.57. The molecule has 1 amide bonds. The van der Waals surface area contributed by atoms with Crippen molar-refractivity contribution in [2.45, 2.75) is 32.9 Å². The first kappa shape index (κ1) is 19.1. The molecule has 1 N–H and O–H groups in total. The van der Waals surface area contributed by atoms with Crippen molar-refractivity contribution in [1.82, 2.24) is 14.5 Å². The van der Waals surface area contributed by atoms with E-state index in [1.165, 1.54) is 12.1 Å². The maximum atomic E-state index is 14.1. The largest absolute Gasteiger partial charge is 0.480 e. The lowest BCUT2D eigenvalue weighted by molar-refractivity contribution is -0.137. The number of aliphatic carboxylic acids is 1. The first-order valence-corrected chi connectivity index (χ1v) is 9.71. The summed E-state index contributed by atoms with van der Waals surface area (Å²) in [4.78, 5) is 30.0. The van der Waals surface area contributed by atoms with Crippen molar-refractivity contribution in [1.29, 1.82) is 0 Å². The highest BCUT2D eigenvalue weighted by atomic mass is 19.1. The minimum atomic E-state index is -0.955. The Kier molecular flexibility index (Phi) is 5.05.